The third-order valence-electron chi connectivity index (χ3n) is 5.65. The Bertz CT molecular complexity index is 429. The summed E-state index contributed by atoms with van der Waals surface area (Å²) in [5.41, 5.74) is 0.00735. The molecule has 3 amide bonds. The molecule has 0 radical (unpaired) electrons. The highest BCUT2D eigenvalue weighted by Gasteiger charge is 2.51. The molecule has 0 heterocycles. The molecule has 4 aliphatic carbocycles. The Morgan fingerprint density at radius 2 is 1.65 bits per heavy atom. The Hall–Kier alpha value is -1.30. The summed E-state index contributed by atoms with van der Waals surface area (Å²) in [5.74, 6) is 2.24. The van der Waals surface area contributed by atoms with Crippen molar-refractivity contribution in [1.29, 1.82) is 0 Å². The minimum Gasteiger partial charge on any atom is -0.392 e. The Morgan fingerprint density at radius 3 is 2.17 bits per heavy atom. The highest BCUT2D eigenvalue weighted by atomic mass is 16.3. The summed E-state index contributed by atoms with van der Waals surface area (Å²) in [7, 11) is 0. The molecule has 23 heavy (non-hydrogen) atoms. The average Bonchev–Trinajstić information content (AvgIpc) is 2.43. The van der Waals surface area contributed by atoms with Crippen molar-refractivity contribution in [2.45, 2.75) is 63.5 Å². The molecule has 1 unspecified atom stereocenters. The lowest BCUT2D eigenvalue weighted by atomic mass is 9.53. The fourth-order valence-corrected chi connectivity index (χ4v) is 5.19. The summed E-state index contributed by atoms with van der Waals surface area (Å²) in [6.45, 7) is 2.19. The van der Waals surface area contributed by atoms with E-state index >= 15 is 0 Å². The lowest BCUT2D eigenvalue weighted by Gasteiger charge is -2.56. The SMILES string of the molecule is CC(O)CNC(=O)CCNC(=O)NC12CC3CC(CC(C3)C1)C2. The van der Waals surface area contributed by atoms with Crippen molar-refractivity contribution in [3.63, 3.8) is 0 Å². The number of urea groups is 1. The first-order chi connectivity index (χ1) is 10.9. The van der Waals surface area contributed by atoms with E-state index in [9.17, 15) is 9.59 Å². The standard InChI is InChI=1S/C17H29N3O3/c1-11(21)10-19-15(22)2-3-18-16(23)20-17-7-12-4-13(8-17)6-14(5-12)9-17/h11-14,21H,2-10H2,1H3,(H,19,22)(H2,18,20,23). The first-order valence-electron chi connectivity index (χ1n) is 8.95. The van der Waals surface area contributed by atoms with Gasteiger partial charge in [-0.3, -0.25) is 4.79 Å². The molecule has 6 heteroatoms. The number of hydrogen-bond donors (Lipinski definition) is 4. The topological polar surface area (TPSA) is 90.5 Å². The molecule has 130 valence electrons. The highest BCUT2D eigenvalue weighted by molar-refractivity contribution is 5.78. The van der Waals surface area contributed by atoms with E-state index in [1.807, 2.05) is 0 Å². The molecule has 4 saturated carbocycles. The van der Waals surface area contributed by atoms with Crippen LogP contribution in [0.1, 0.15) is 51.9 Å². The van der Waals surface area contributed by atoms with Crippen LogP contribution in [0.4, 0.5) is 4.79 Å². The van der Waals surface area contributed by atoms with Crippen molar-refractivity contribution in [1.82, 2.24) is 16.0 Å². The van der Waals surface area contributed by atoms with Gasteiger partial charge >= 0.3 is 6.03 Å². The van der Waals surface area contributed by atoms with Gasteiger partial charge in [-0.25, -0.2) is 4.79 Å². The second-order valence-electron chi connectivity index (χ2n) is 7.98. The van der Waals surface area contributed by atoms with Gasteiger partial charge in [0.2, 0.25) is 5.91 Å². The molecule has 0 aromatic heterocycles. The summed E-state index contributed by atoms with van der Waals surface area (Å²) < 4.78 is 0. The molecule has 0 spiro atoms. The smallest absolute Gasteiger partial charge is 0.315 e. The molecule has 0 saturated heterocycles. The minimum atomic E-state index is -0.550. The maximum absolute atomic E-state index is 12.2. The number of aliphatic hydroxyl groups excluding tert-OH is 1. The molecule has 0 aliphatic heterocycles. The zero-order valence-electron chi connectivity index (χ0n) is 13.9. The first kappa shape index (κ1) is 16.6. The third-order valence-corrected chi connectivity index (χ3v) is 5.65. The van der Waals surface area contributed by atoms with Gasteiger partial charge in [-0.1, -0.05) is 0 Å². The minimum absolute atomic E-state index is 0.00735. The molecule has 4 bridgehead atoms. The van der Waals surface area contributed by atoms with E-state index in [4.69, 9.17) is 5.11 Å². The lowest BCUT2D eigenvalue weighted by Crippen LogP contribution is -2.61. The van der Waals surface area contributed by atoms with E-state index in [2.05, 4.69) is 16.0 Å². The van der Waals surface area contributed by atoms with Crippen molar-refractivity contribution < 1.29 is 14.7 Å². The van der Waals surface area contributed by atoms with Crippen LogP contribution in [0.25, 0.3) is 0 Å². The summed E-state index contributed by atoms with van der Waals surface area (Å²) in [6, 6.07) is -0.143. The molecule has 4 rings (SSSR count). The fourth-order valence-electron chi connectivity index (χ4n) is 5.19. The highest BCUT2D eigenvalue weighted by Crippen LogP contribution is 2.55. The summed E-state index contributed by atoms with van der Waals surface area (Å²) in [5, 5.41) is 17.8. The number of amides is 3. The van der Waals surface area contributed by atoms with E-state index < -0.39 is 6.10 Å². The third kappa shape index (κ3) is 4.16. The van der Waals surface area contributed by atoms with Gasteiger partial charge in [0.15, 0.2) is 0 Å². The van der Waals surface area contributed by atoms with Gasteiger partial charge in [0.1, 0.15) is 0 Å². The van der Waals surface area contributed by atoms with Gasteiger partial charge in [0, 0.05) is 25.0 Å². The number of aliphatic hydroxyl groups is 1. The van der Waals surface area contributed by atoms with Crippen LogP contribution in [0.3, 0.4) is 0 Å². The number of carbonyl (C=O) groups excluding carboxylic acids is 2. The second kappa shape index (κ2) is 6.67. The first-order valence-corrected chi connectivity index (χ1v) is 8.95. The summed E-state index contributed by atoms with van der Waals surface area (Å²) in [4.78, 5) is 23.7. The zero-order chi connectivity index (χ0) is 16.4. The van der Waals surface area contributed by atoms with Crippen LogP contribution in [0, 0.1) is 17.8 Å². The Morgan fingerprint density at radius 1 is 1.09 bits per heavy atom. The molecular weight excluding hydrogens is 294 g/mol. The average molecular weight is 323 g/mol. The van der Waals surface area contributed by atoms with Crippen molar-refractivity contribution in [2.24, 2.45) is 17.8 Å². The molecule has 6 nitrogen and oxygen atoms in total. The van der Waals surface area contributed by atoms with Crippen LogP contribution in [0.15, 0.2) is 0 Å². The van der Waals surface area contributed by atoms with Gasteiger partial charge in [-0.15, -0.1) is 0 Å². The zero-order valence-corrected chi connectivity index (χ0v) is 13.9. The van der Waals surface area contributed by atoms with Gasteiger partial charge in [0.05, 0.1) is 6.10 Å². The molecule has 0 aromatic carbocycles. The van der Waals surface area contributed by atoms with Gasteiger partial charge in [0.25, 0.3) is 0 Å². The van der Waals surface area contributed by atoms with E-state index in [1.165, 1.54) is 19.3 Å². The van der Waals surface area contributed by atoms with Crippen molar-refractivity contribution >= 4 is 11.9 Å². The summed E-state index contributed by atoms with van der Waals surface area (Å²) in [6.07, 6.45) is 7.13. The van der Waals surface area contributed by atoms with Gasteiger partial charge in [-0.2, -0.15) is 0 Å². The number of rotatable bonds is 6. The van der Waals surface area contributed by atoms with E-state index in [0.717, 1.165) is 37.0 Å². The molecule has 4 N–H and O–H groups in total. The van der Waals surface area contributed by atoms with Gasteiger partial charge in [-0.05, 0) is 63.2 Å². The van der Waals surface area contributed by atoms with Crippen LogP contribution in [0.5, 0.6) is 0 Å². The van der Waals surface area contributed by atoms with Crippen molar-refractivity contribution in [3.05, 3.63) is 0 Å². The Kier molecular flexibility index (Phi) is 4.80. The quantitative estimate of drug-likeness (QED) is 0.591. The lowest BCUT2D eigenvalue weighted by molar-refractivity contribution is -0.121. The van der Waals surface area contributed by atoms with Gasteiger partial charge < -0.3 is 21.1 Å². The maximum atomic E-state index is 12.2. The predicted molar refractivity (Wildman–Crippen MR) is 86.7 cm³/mol. The van der Waals surface area contributed by atoms with Crippen LogP contribution in [-0.2, 0) is 4.79 Å². The van der Waals surface area contributed by atoms with E-state index in [0.29, 0.717) is 6.54 Å². The van der Waals surface area contributed by atoms with Crippen LogP contribution < -0.4 is 16.0 Å². The monoisotopic (exact) mass is 323 g/mol. The molecular formula is C17H29N3O3. The van der Waals surface area contributed by atoms with Crippen molar-refractivity contribution in [3.8, 4) is 0 Å². The van der Waals surface area contributed by atoms with Crippen LogP contribution in [-0.4, -0.2) is 41.8 Å². The van der Waals surface area contributed by atoms with Crippen molar-refractivity contribution in [2.75, 3.05) is 13.1 Å². The number of nitrogens with one attached hydrogen (secondary N) is 3. The van der Waals surface area contributed by atoms with E-state index in [-0.39, 0.29) is 30.4 Å². The Balaban J connectivity index is 1.39. The maximum Gasteiger partial charge on any atom is 0.315 e. The predicted octanol–water partition coefficient (Wildman–Crippen LogP) is 1.14. The molecule has 1 atom stereocenters. The molecule has 4 aliphatic rings. The normalized spacial score (nSPS) is 35.7. The molecule has 0 aromatic rings. The largest absolute Gasteiger partial charge is 0.392 e. The molecule has 4 fully saturated rings. The number of carbonyl (C=O) groups is 2. The van der Waals surface area contributed by atoms with Crippen LogP contribution >= 0.6 is 0 Å². The number of hydrogen-bond acceptors (Lipinski definition) is 3. The summed E-state index contributed by atoms with van der Waals surface area (Å²) >= 11 is 0. The van der Waals surface area contributed by atoms with E-state index in [1.54, 1.807) is 6.92 Å². The van der Waals surface area contributed by atoms with Crippen LogP contribution in [0.2, 0.25) is 0 Å². The Labute approximate surface area is 137 Å². The fraction of sp³-hybridized carbons (Fsp3) is 0.882. The second-order valence-corrected chi connectivity index (χ2v) is 7.98.